The molecule has 1 aromatic carbocycles. The van der Waals surface area contributed by atoms with E-state index in [1.807, 2.05) is 6.07 Å². The van der Waals surface area contributed by atoms with Crippen LogP contribution in [-0.2, 0) is 11.3 Å². The van der Waals surface area contributed by atoms with Crippen LogP contribution in [0, 0.1) is 11.3 Å². The molecule has 0 aromatic heterocycles. The van der Waals surface area contributed by atoms with Gasteiger partial charge in [-0.05, 0) is 43.5 Å². The molecule has 0 amide bonds. The zero-order valence-electron chi connectivity index (χ0n) is 10.3. The quantitative estimate of drug-likeness (QED) is 0.832. The van der Waals surface area contributed by atoms with Gasteiger partial charge in [-0.3, -0.25) is 0 Å². The van der Waals surface area contributed by atoms with E-state index < -0.39 is 0 Å². The molecule has 0 aliphatic carbocycles. The van der Waals surface area contributed by atoms with Crippen molar-refractivity contribution >= 4 is 11.6 Å². The van der Waals surface area contributed by atoms with Gasteiger partial charge in [-0.15, -0.1) is 0 Å². The van der Waals surface area contributed by atoms with Gasteiger partial charge in [-0.1, -0.05) is 17.7 Å². The monoisotopic (exact) mass is 264 g/mol. The second kappa shape index (κ2) is 6.75. The molecule has 4 heteroatoms. The van der Waals surface area contributed by atoms with Crippen molar-refractivity contribution in [1.82, 2.24) is 5.32 Å². The van der Waals surface area contributed by atoms with Crippen molar-refractivity contribution in [3.63, 3.8) is 0 Å². The number of rotatable bonds is 5. The fourth-order valence-electron chi connectivity index (χ4n) is 2.12. The average Bonchev–Trinajstić information content (AvgIpc) is 2.89. The van der Waals surface area contributed by atoms with Crippen LogP contribution in [0.25, 0.3) is 0 Å². The lowest BCUT2D eigenvalue weighted by molar-refractivity contribution is 0.104. The van der Waals surface area contributed by atoms with Gasteiger partial charge >= 0.3 is 0 Å². The van der Waals surface area contributed by atoms with Crippen molar-refractivity contribution in [3.8, 4) is 6.07 Å². The Balaban J connectivity index is 1.74. The molecule has 0 saturated carbocycles. The Labute approximate surface area is 113 Å². The first-order valence-electron chi connectivity index (χ1n) is 6.30. The first kappa shape index (κ1) is 13.4. The molecule has 1 heterocycles. The summed E-state index contributed by atoms with van der Waals surface area (Å²) in [6, 6.07) is 7.48. The van der Waals surface area contributed by atoms with Crippen molar-refractivity contribution in [2.45, 2.75) is 31.9 Å². The van der Waals surface area contributed by atoms with E-state index >= 15 is 0 Å². The molecule has 3 nitrogen and oxygen atoms in total. The van der Waals surface area contributed by atoms with Crippen molar-refractivity contribution in [2.24, 2.45) is 0 Å². The smallest absolute Gasteiger partial charge is 0.0992 e. The third kappa shape index (κ3) is 3.71. The summed E-state index contributed by atoms with van der Waals surface area (Å²) in [5.41, 5.74) is 1.63. The Morgan fingerprint density at radius 3 is 3.06 bits per heavy atom. The van der Waals surface area contributed by atoms with E-state index in [1.165, 1.54) is 12.8 Å². The van der Waals surface area contributed by atoms with E-state index in [1.54, 1.807) is 12.1 Å². The lowest BCUT2D eigenvalue weighted by atomic mass is 10.1. The number of hydrogen-bond donors (Lipinski definition) is 1. The Morgan fingerprint density at radius 2 is 2.39 bits per heavy atom. The molecule has 18 heavy (non-hydrogen) atoms. The largest absolute Gasteiger partial charge is 0.378 e. The molecule has 1 unspecified atom stereocenters. The molecule has 1 fully saturated rings. The topological polar surface area (TPSA) is 45.0 Å². The highest BCUT2D eigenvalue weighted by molar-refractivity contribution is 6.31. The maximum absolute atomic E-state index is 8.75. The van der Waals surface area contributed by atoms with Gasteiger partial charge < -0.3 is 10.1 Å². The minimum Gasteiger partial charge on any atom is -0.378 e. The van der Waals surface area contributed by atoms with Gasteiger partial charge in [-0.2, -0.15) is 5.26 Å². The second-order valence-electron chi connectivity index (χ2n) is 4.52. The normalized spacial score (nSPS) is 18.8. The van der Waals surface area contributed by atoms with Gasteiger partial charge in [0.2, 0.25) is 0 Å². The fourth-order valence-corrected chi connectivity index (χ4v) is 2.37. The number of halogens is 1. The van der Waals surface area contributed by atoms with Crippen LogP contribution in [0.2, 0.25) is 5.02 Å². The predicted octanol–water partition coefficient (Wildman–Crippen LogP) is 2.87. The Kier molecular flexibility index (Phi) is 5.00. The van der Waals surface area contributed by atoms with Crippen molar-refractivity contribution in [2.75, 3.05) is 13.2 Å². The Hall–Kier alpha value is -1.08. The third-order valence-electron chi connectivity index (χ3n) is 3.16. The molecular formula is C14H17ClN2O. The minimum atomic E-state index is 0.425. The lowest BCUT2D eigenvalue weighted by Gasteiger charge is -2.10. The van der Waals surface area contributed by atoms with Crippen LogP contribution in [0.15, 0.2) is 18.2 Å². The maximum atomic E-state index is 8.75. The van der Waals surface area contributed by atoms with Gasteiger partial charge in [0, 0.05) is 18.2 Å². The summed E-state index contributed by atoms with van der Waals surface area (Å²) in [6.45, 7) is 2.57. The first-order valence-corrected chi connectivity index (χ1v) is 6.68. The molecule has 2 rings (SSSR count). The molecule has 1 atom stereocenters. The van der Waals surface area contributed by atoms with Crippen LogP contribution in [0.3, 0.4) is 0 Å². The highest BCUT2D eigenvalue weighted by Crippen LogP contribution is 2.18. The van der Waals surface area contributed by atoms with Crippen LogP contribution in [-0.4, -0.2) is 19.3 Å². The summed E-state index contributed by atoms with van der Waals surface area (Å²) < 4.78 is 5.56. The third-order valence-corrected chi connectivity index (χ3v) is 3.52. The molecule has 1 aliphatic rings. The average molecular weight is 265 g/mol. The van der Waals surface area contributed by atoms with Crippen molar-refractivity contribution in [1.29, 1.82) is 5.26 Å². The van der Waals surface area contributed by atoms with E-state index in [9.17, 15) is 0 Å². The number of hydrogen-bond acceptors (Lipinski definition) is 3. The molecule has 0 radical (unpaired) electrons. The maximum Gasteiger partial charge on any atom is 0.0992 e. The molecular weight excluding hydrogens is 248 g/mol. The second-order valence-corrected chi connectivity index (χ2v) is 4.93. The summed E-state index contributed by atoms with van der Waals surface area (Å²) in [6.07, 6.45) is 3.84. The number of nitriles is 1. The lowest BCUT2D eigenvalue weighted by Crippen LogP contribution is -2.20. The van der Waals surface area contributed by atoms with E-state index in [2.05, 4.69) is 11.4 Å². The Bertz CT molecular complexity index is 436. The predicted molar refractivity (Wildman–Crippen MR) is 71.5 cm³/mol. The van der Waals surface area contributed by atoms with Crippen molar-refractivity contribution in [3.05, 3.63) is 34.3 Å². The highest BCUT2D eigenvalue weighted by atomic mass is 35.5. The SMILES string of the molecule is N#Cc1ccc(CNCCC2CCCO2)c(Cl)c1. The van der Waals surface area contributed by atoms with E-state index in [0.29, 0.717) is 16.7 Å². The van der Waals surface area contributed by atoms with E-state index in [0.717, 1.165) is 31.7 Å². The van der Waals surface area contributed by atoms with Gasteiger partial charge in [0.25, 0.3) is 0 Å². The zero-order valence-corrected chi connectivity index (χ0v) is 11.0. The van der Waals surface area contributed by atoms with Gasteiger partial charge in [0.1, 0.15) is 0 Å². The fraction of sp³-hybridized carbons (Fsp3) is 0.500. The van der Waals surface area contributed by atoms with Crippen LogP contribution in [0.1, 0.15) is 30.4 Å². The standard InChI is InChI=1S/C14H17ClN2O/c15-14-8-11(9-16)3-4-12(14)10-17-6-5-13-2-1-7-18-13/h3-4,8,13,17H,1-2,5-7,10H2. The molecule has 1 aromatic rings. The van der Waals surface area contributed by atoms with E-state index in [-0.39, 0.29) is 0 Å². The van der Waals surface area contributed by atoms with Gasteiger partial charge in [0.05, 0.1) is 17.7 Å². The highest BCUT2D eigenvalue weighted by Gasteiger charge is 2.14. The molecule has 0 spiro atoms. The minimum absolute atomic E-state index is 0.425. The van der Waals surface area contributed by atoms with Gasteiger partial charge in [0.15, 0.2) is 0 Å². The number of benzene rings is 1. The number of ether oxygens (including phenoxy) is 1. The number of nitrogens with zero attached hydrogens (tertiary/aromatic N) is 1. The van der Waals surface area contributed by atoms with Crippen molar-refractivity contribution < 1.29 is 4.74 Å². The summed E-state index contributed by atoms with van der Waals surface area (Å²) >= 11 is 6.10. The summed E-state index contributed by atoms with van der Waals surface area (Å²) in [4.78, 5) is 0. The molecule has 96 valence electrons. The summed E-state index contributed by atoms with van der Waals surface area (Å²) in [5.74, 6) is 0. The van der Waals surface area contributed by atoms with Gasteiger partial charge in [-0.25, -0.2) is 0 Å². The van der Waals surface area contributed by atoms with Crippen LogP contribution in [0.5, 0.6) is 0 Å². The summed E-state index contributed by atoms with van der Waals surface area (Å²) in [7, 11) is 0. The Morgan fingerprint density at radius 1 is 1.50 bits per heavy atom. The molecule has 0 bridgehead atoms. The molecule has 1 saturated heterocycles. The molecule has 1 N–H and O–H groups in total. The summed E-state index contributed by atoms with van der Waals surface area (Å²) in [5, 5.41) is 12.8. The first-order chi connectivity index (χ1) is 8.79. The van der Waals surface area contributed by atoms with Crippen LogP contribution in [0.4, 0.5) is 0 Å². The van der Waals surface area contributed by atoms with Crippen LogP contribution >= 0.6 is 11.6 Å². The molecule has 1 aliphatic heterocycles. The van der Waals surface area contributed by atoms with Crippen LogP contribution < -0.4 is 5.32 Å². The zero-order chi connectivity index (χ0) is 12.8. The number of nitrogens with one attached hydrogen (secondary N) is 1. The van der Waals surface area contributed by atoms with E-state index in [4.69, 9.17) is 21.6 Å².